The predicted molar refractivity (Wildman–Crippen MR) is 37.3 cm³/mol. The highest BCUT2D eigenvalue weighted by atomic mass is 32.2. The molecule has 0 rings (SSSR count). The van der Waals surface area contributed by atoms with Gasteiger partial charge in [-0.05, 0) is 24.4 Å². The molecule has 0 aromatic carbocycles. The Hall–Kier alpha value is -0.510. The van der Waals surface area contributed by atoms with Gasteiger partial charge in [0.2, 0.25) is 0 Å². The van der Waals surface area contributed by atoms with Gasteiger partial charge in [0, 0.05) is 0 Å². The summed E-state index contributed by atoms with van der Waals surface area (Å²) in [6.45, 7) is 3.19. The molecular weight excluding hydrogens is 152 g/mol. The van der Waals surface area contributed by atoms with Crippen molar-refractivity contribution < 1.29 is 13.6 Å². The van der Waals surface area contributed by atoms with Gasteiger partial charge < -0.3 is 10.1 Å². The van der Waals surface area contributed by atoms with E-state index in [1.807, 2.05) is 0 Å². The van der Waals surface area contributed by atoms with Crippen LogP contribution >= 0.6 is 0 Å². The van der Waals surface area contributed by atoms with Gasteiger partial charge in [0.1, 0.15) is 4.75 Å². The molecule has 2 atom stereocenters. The summed E-state index contributed by atoms with van der Waals surface area (Å²) in [6, 6.07) is 0. The summed E-state index contributed by atoms with van der Waals surface area (Å²) in [5.41, 5.74) is 8.08. The lowest BCUT2D eigenvalue weighted by Gasteiger charge is -2.20. The molecule has 0 spiro atoms. The van der Waals surface area contributed by atoms with Crippen LogP contribution in [0.1, 0.15) is 20.3 Å². The Labute approximate surface area is 62.2 Å². The van der Waals surface area contributed by atoms with E-state index in [0.29, 0.717) is 6.42 Å². The Morgan fingerprint density at radius 2 is 2.40 bits per heavy atom. The van der Waals surface area contributed by atoms with E-state index in [-0.39, 0.29) is 0 Å². The molecular formula is C5H9N2O2S-. The summed E-state index contributed by atoms with van der Waals surface area (Å²) < 4.78 is 19.8. The van der Waals surface area contributed by atoms with Crippen molar-refractivity contribution in [3.05, 3.63) is 5.53 Å². The Morgan fingerprint density at radius 1 is 1.90 bits per heavy atom. The van der Waals surface area contributed by atoms with Crippen molar-refractivity contribution in [2.45, 2.75) is 25.0 Å². The van der Waals surface area contributed by atoms with Crippen LogP contribution < -0.4 is 0 Å². The molecule has 4 nitrogen and oxygen atoms in total. The molecule has 0 saturated heterocycles. The molecule has 0 aromatic heterocycles. The first kappa shape index (κ1) is 9.49. The van der Waals surface area contributed by atoms with Gasteiger partial charge in [-0.15, -0.1) is 0 Å². The van der Waals surface area contributed by atoms with Crippen LogP contribution in [0, 0.1) is 0 Å². The van der Waals surface area contributed by atoms with Crippen LogP contribution in [-0.2, 0) is 11.1 Å². The minimum Gasteiger partial charge on any atom is -0.771 e. The lowest BCUT2D eigenvalue weighted by molar-refractivity contribution is -0.00156. The van der Waals surface area contributed by atoms with Crippen LogP contribution in [0.5, 0.6) is 0 Å². The number of hydrogen-bond donors (Lipinski definition) is 0. The standard InChI is InChI=1S/C5H10N2O2S/c1-3-5(2,4-7-6)10(8)9/h4H,3H2,1-2H3,(H,8,9)/p-1. The molecule has 58 valence electrons. The Balaban J connectivity index is 4.54. The van der Waals surface area contributed by atoms with Crippen LogP contribution in [-0.4, -0.2) is 24.5 Å². The quantitative estimate of drug-likeness (QED) is 0.259. The fourth-order valence-corrected chi connectivity index (χ4v) is 0.743. The molecule has 5 heteroatoms. The van der Waals surface area contributed by atoms with E-state index in [2.05, 4.69) is 4.79 Å². The van der Waals surface area contributed by atoms with Crippen molar-refractivity contribution in [2.75, 3.05) is 0 Å². The van der Waals surface area contributed by atoms with Gasteiger partial charge in [-0.1, -0.05) is 6.92 Å². The van der Waals surface area contributed by atoms with Crippen molar-refractivity contribution in [3.8, 4) is 0 Å². The number of nitrogens with zero attached hydrogens (tertiary/aromatic N) is 2. The maximum Gasteiger partial charge on any atom is 0.274 e. The number of rotatable bonds is 3. The molecule has 0 aliphatic heterocycles. The fraction of sp³-hybridized carbons (Fsp3) is 0.800. The van der Waals surface area contributed by atoms with Crippen LogP contribution in [0.2, 0.25) is 0 Å². The zero-order valence-corrected chi connectivity index (χ0v) is 6.72. The predicted octanol–water partition coefficient (Wildman–Crippen LogP) is 0.335. The summed E-state index contributed by atoms with van der Waals surface area (Å²) in [7, 11) is 0. The van der Waals surface area contributed by atoms with Crippen LogP contribution in [0.3, 0.4) is 0 Å². The van der Waals surface area contributed by atoms with Gasteiger partial charge in [0.05, 0.1) is 0 Å². The van der Waals surface area contributed by atoms with E-state index in [0.717, 1.165) is 6.21 Å². The molecule has 0 N–H and O–H groups in total. The molecule has 0 aliphatic rings. The average molecular weight is 161 g/mol. The normalized spacial score (nSPS) is 18.7. The smallest absolute Gasteiger partial charge is 0.274 e. The Kier molecular flexibility index (Phi) is 3.42. The second-order valence-electron chi connectivity index (χ2n) is 2.15. The summed E-state index contributed by atoms with van der Waals surface area (Å²) in [5.74, 6) is 0. The summed E-state index contributed by atoms with van der Waals surface area (Å²) in [4.78, 5) is 2.68. The van der Waals surface area contributed by atoms with Crippen LogP contribution in [0.4, 0.5) is 0 Å². The highest BCUT2D eigenvalue weighted by Crippen LogP contribution is 2.12. The zero-order chi connectivity index (χ0) is 8.20. The van der Waals surface area contributed by atoms with Gasteiger partial charge in [-0.25, -0.2) is 0 Å². The average Bonchev–Trinajstić information content (AvgIpc) is 1.88. The minimum absolute atomic E-state index is 0.396. The molecule has 0 aliphatic carbocycles. The summed E-state index contributed by atoms with van der Waals surface area (Å²) >= 11 is -2.23. The van der Waals surface area contributed by atoms with E-state index < -0.39 is 15.8 Å². The number of hydrogen-bond acceptors (Lipinski definition) is 2. The molecule has 0 saturated carbocycles. The first-order valence-corrected chi connectivity index (χ1v) is 3.92. The topological polar surface area (TPSA) is 76.5 Å². The largest absolute Gasteiger partial charge is 0.771 e. The molecule has 0 amide bonds. The maximum atomic E-state index is 10.4. The third-order valence-corrected chi connectivity index (χ3v) is 2.57. The summed E-state index contributed by atoms with van der Waals surface area (Å²) in [5, 5.41) is 0. The van der Waals surface area contributed by atoms with Crippen molar-refractivity contribution in [1.29, 1.82) is 0 Å². The van der Waals surface area contributed by atoms with E-state index in [4.69, 9.17) is 5.53 Å². The monoisotopic (exact) mass is 161 g/mol. The Bertz CT molecular complexity index is 184. The molecule has 0 radical (unpaired) electrons. The highest BCUT2D eigenvalue weighted by Gasteiger charge is 2.25. The minimum atomic E-state index is -2.23. The molecule has 0 fully saturated rings. The molecule has 0 heterocycles. The lowest BCUT2D eigenvalue weighted by atomic mass is 10.1. The molecule has 10 heavy (non-hydrogen) atoms. The van der Waals surface area contributed by atoms with E-state index in [1.54, 1.807) is 6.92 Å². The third-order valence-electron chi connectivity index (χ3n) is 1.41. The van der Waals surface area contributed by atoms with Crippen molar-refractivity contribution in [1.82, 2.24) is 0 Å². The third kappa shape index (κ3) is 2.02. The maximum absolute atomic E-state index is 10.4. The molecule has 0 aromatic rings. The lowest BCUT2D eigenvalue weighted by Crippen LogP contribution is -2.31. The van der Waals surface area contributed by atoms with Crippen molar-refractivity contribution >= 4 is 17.3 Å². The first-order valence-electron chi connectivity index (χ1n) is 2.84. The van der Waals surface area contributed by atoms with Gasteiger partial charge >= 0.3 is 0 Å². The second-order valence-corrected chi connectivity index (χ2v) is 3.55. The zero-order valence-electron chi connectivity index (χ0n) is 5.90. The van der Waals surface area contributed by atoms with Gasteiger partial charge in [0.15, 0.2) is 0 Å². The van der Waals surface area contributed by atoms with Gasteiger partial charge in [-0.3, -0.25) is 4.21 Å². The second kappa shape index (κ2) is 3.61. The van der Waals surface area contributed by atoms with E-state index in [1.165, 1.54) is 6.92 Å². The molecule has 0 bridgehead atoms. The highest BCUT2D eigenvalue weighted by molar-refractivity contribution is 7.81. The van der Waals surface area contributed by atoms with E-state index >= 15 is 0 Å². The van der Waals surface area contributed by atoms with Crippen LogP contribution in [0.15, 0.2) is 0 Å². The summed E-state index contributed by atoms with van der Waals surface area (Å²) in [6.07, 6.45) is 1.41. The van der Waals surface area contributed by atoms with Gasteiger partial charge in [0.25, 0.3) is 6.21 Å². The van der Waals surface area contributed by atoms with Crippen molar-refractivity contribution in [2.24, 2.45) is 0 Å². The van der Waals surface area contributed by atoms with E-state index in [9.17, 15) is 8.76 Å². The Morgan fingerprint density at radius 3 is 2.50 bits per heavy atom. The SMILES string of the molecule is CCC(C)(C=[N+]=[N-])S(=O)[O-]. The van der Waals surface area contributed by atoms with Crippen LogP contribution in [0.25, 0.3) is 5.53 Å². The first-order chi connectivity index (χ1) is 4.56. The van der Waals surface area contributed by atoms with Crippen molar-refractivity contribution in [3.63, 3.8) is 0 Å². The molecule has 2 unspecified atom stereocenters. The fourth-order valence-electron chi connectivity index (χ4n) is 0.374. The van der Waals surface area contributed by atoms with Gasteiger partial charge in [-0.2, -0.15) is 4.79 Å².